The number of nitrogens with zero attached hydrogens (tertiary/aromatic N) is 2. The first-order valence-corrected chi connectivity index (χ1v) is 7.58. The van der Waals surface area contributed by atoms with Gasteiger partial charge in [0.1, 0.15) is 0 Å². The zero-order valence-corrected chi connectivity index (χ0v) is 11.5. The van der Waals surface area contributed by atoms with Crippen molar-refractivity contribution in [3.8, 4) is 0 Å². The Bertz CT molecular complexity index is 513. The molecule has 0 aliphatic carbocycles. The summed E-state index contributed by atoms with van der Waals surface area (Å²) in [6.07, 6.45) is 0. The van der Waals surface area contributed by atoms with Crippen molar-refractivity contribution < 1.29 is 8.42 Å². The molecule has 0 aromatic heterocycles. The quantitative estimate of drug-likeness (QED) is 0.889. The minimum absolute atomic E-state index is 0.434. The monoisotopic (exact) mass is 289 g/mol. The van der Waals surface area contributed by atoms with Crippen LogP contribution in [0.15, 0.2) is 24.3 Å². The summed E-state index contributed by atoms with van der Waals surface area (Å²) in [5.74, 6) is 0. The van der Waals surface area contributed by atoms with Crippen LogP contribution < -0.4 is 5.14 Å². The van der Waals surface area contributed by atoms with Gasteiger partial charge in [0, 0.05) is 37.7 Å². The maximum Gasteiger partial charge on any atom is 0.276 e. The van der Waals surface area contributed by atoms with E-state index in [-0.39, 0.29) is 0 Å². The second-order valence-electron chi connectivity index (χ2n) is 4.31. The van der Waals surface area contributed by atoms with Crippen molar-refractivity contribution in [1.29, 1.82) is 0 Å². The molecule has 0 amide bonds. The van der Waals surface area contributed by atoms with Crippen LogP contribution in [-0.4, -0.2) is 43.8 Å². The Hall–Kier alpha value is -0.660. The van der Waals surface area contributed by atoms with Crippen LogP contribution in [0.25, 0.3) is 0 Å². The Kier molecular flexibility index (Phi) is 4.24. The number of hydrogen-bond acceptors (Lipinski definition) is 3. The fraction of sp³-hybridized carbons (Fsp3) is 0.455. The summed E-state index contributed by atoms with van der Waals surface area (Å²) in [5.41, 5.74) is 1.06. The summed E-state index contributed by atoms with van der Waals surface area (Å²) < 4.78 is 23.6. The molecular formula is C11H16ClN3O2S. The van der Waals surface area contributed by atoms with E-state index in [0.717, 1.165) is 17.1 Å². The standard InChI is InChI=1S/C11H16ClN3O2S/c12-11-4-2-1-3-10(11)9-14-5-7-15(8-6-14)18(13,16)17/h1-4H,5-9H2,(H2,13,16,17). The normalized spacial score (nSPS) is 19.0. The van der Waals surface area contributed by atoms with Gasteiger partial charge in [0.2, 0.25) is 0 Å². The molecule has 1 saturated heterocycles. The van der Waals surface area contributed by atoms with Crippen LogP contribution in [0.4, 0.5) is 0 Å². The summed E-state index contributed by atoms with van der Waals surface area (Å²) >= 11 is 6.09. The van der Waals surface area contributed by atoms with Gasteiger partial charge in [-0.3, -0.25) is 4.90 Å². The molecule has 7 heteroatoms. The van der Waals surface area contributed by atoms with Gasteiger partial charge in [-0.05, 0) is 11.6 Å². The van der Waals surface area contributed by atoms with Gasteiger partial charge < -0.3 is 0 Å². The molecule has 18 heavy (non-hydrogen) atoms. The summed E-state index contributed by atoms with van der Waals surface area (Å²) in [6.45, 7) is 2.94. The molecule has 1 aromatic rings. The highest BCUT2D eigenvalue weighted by molar-refractivity contribution is 7.86. The molecule has 2 N–H and O–H groups in total. The third-order valence-electron chi connectivity index (χ3n) is 3.04. The van der Waals surface area contributed by atoms with Gasteiger partial charge >= 0.3 is 0 Å². The van der Waals surface area contributed by atoms with Crippen molar-refractivity contribution in [3.63, 3.8) is 0 Å². The van der Waals surface area contributed by atoms with E-state index in [0.29, 0.717) is 26.2 Å². The molecule has 1 fully saturated rings. The van der Waals surface area contributed by atoms with Gasteiger partial charge in [-0.2, -0.15) is 12.7 Å². The molecular weight excluding hydrogens is 274 g/mol. The third kappa shape index (κ3) is 3.43. The molecule has 100 valence electrons. The lowest BCUT2D eigenvalue weighted by Gasteiger charge is -2.33. The van der Waals surface area contributed by atoms with Gasteiger partial charge in [0.15, 0.2) is 0 Å². The number of piperazine rings is 1. The molecule has 0 bridgehead atoms. The lowest BCUT2D eigenvalue weighted by atomic mass is 10.2. The number of halogens is 1. The molecule has 0 atom stereocenters. The Morgan fingerprint density at radius 3 is 2.33 bits per heavy atom. The third-order valence-corrected chi connectivity index (χ3v) is 4.50. The van der Waals surface area contributed by atoms with Crippen LogP contribution in [0.1, 0.15) is 5.56 Å². The van der Waals surface area contributed by atoms with Gasteiger partial charge in [0.05, 0.1) is 0 Å². The fourth-order valence-corrected chi connectivity index (χ4v) is 2.88. The van der Waals surface area contributed by atoms with E-state index in [4.69, 9.17) is 16.7 Å². The van der Waals surface area contributed by atoms with Crippen LogP contribution in [-0.2, 0) is 16.8 Å². The average molecular weight is 290 g/mol. The van der Waals surface area contributed by atoms with Crippen molar-refractivity contribution in [2.45, 2.75) is 6.54 Å². The van der Waals surface area contributed by atoms with Crippen LogP contribution >= 0.6 is 11.6 Å². The zero-order valence-electron chi connectivity index (χ0n) is 9.92. The van der Waals surface area contributed by atoms with Crippen LogP contribution in [0.5, 0.6) is 0 Å². The first kappa shape index (κ1) is 13.8. The molecule has 0 unspecified atom stereocenters. The second kappa shape index (κ2) is 5.54. The molecule has 0 spiro atoms. The van der Waals surface area contributed by atoms with E-state index in [1.165, 1.54) is 4.31 Å². The molecule has 1 heterocycles. The Morgan fingerprint density at radius 2 is 1.78 bits per heavy atom. The summed E-state index contributed by atoms with van der Waals surface area (Å²) in [7, 11) is -3.55. The Balaban J connectivity index is 1.94. The average Bonchev–Trinajstić information content (AvgIpc) is 2.32. The van der Waals surface area contributed by atoms with Gasteiger partial charge in [-0.25, -0.2) is 5.14 Å². The van der Waals surface area contributed by atoms with Crippen molar-refractivity contribution in [2.75, 3.05) is 26.2 Å². The minimum Gasteiger partial charge on any atom is -0.296 e. The summed E-state index contributed by atoms with van der Waals surface area (Å²) in [5, 5.41) is 5.83. The number of hydrogen-bond donors (Lipinski definition) is 1. The molecule has 1 aromatic carbocycles. The van der Waals surface area contributed by atoms with E-state index in [1.807, 2.05) is 24.3 Å². The van der Waals surface area contributed by atoms with E-state index >= 15 is 0 Å². The van der Waals surface area contributed by atoms with Gasteiger partial charge in [-0.15, -0.1) is 0 Å². The first-order chi connectivity index (χ1) is 8.47. The molecule has 2 rings (SSSR count). The number of rotatable bonds is 3. The zero-order chi connectivity index (χ0) is 13.2. The smallest absolute Gasteiger partial charge is 0.276 e. The topological polar surface area (TPSA) is 66.6 Å². The molecule has 1 aliphatic rings. The van der Waals surface area contributed by atoms with Crippen molar-refractivity contribution in [2.24, 2.45) is 5.14 Å². The Labute approximate surface area is 112 Å². The summed E-state index contributed by atoms with van der Waals surface area (Å²) in [6, 6.07) is 7.68. The van der Waals surface area contributed by atoms with Crippen molar-refractivity contribution in [3.05, 3.63) is 34.9 Å². The predicted octanol–water partition coefficient (Wildman–Crippen LogP) is 0.661. The highest BCUT2D eigenvalue weighted by Gasteiger charge is 2.23. The van der Waals surface area contributed by atoms with Gasteiger partial charge in [-0.1, -0.05) is 29.8 Å². The van der Waals surface area contributed by atoms with E-state index in [9.17, 15) is 8.42 Å². The largest absolute Gasteiger partial charge is 0.296 e. The SMILES string of the molecule is NS(=O)(=O)N1CCN(Cc2ccccc2Cl)CC1. The van der Waals surface area contributed by atoms with E-state index in [2.05, 4.69) is 4.90 Å². The minimum atomic E-state index is -3.55. The van der Waals surface area contributed by atoms with Crippen molar-refractivity contribution >= 4 is 21.8 Å². The number of benzene rings is 1. The van der Waals surface area contributed by atoms with E-state index in [1.54, 1.807) is 0 Å². The summed E-state index contributed by atoms with van der Waals surface area (Å²) in [4.78, 5) is 2.17. The number of nitrogens with two attached hydrogens (primary N) is 1. The highest BCUT2D eigenvalue weighted by Crippen LogP contribution is 2.18. The predicted molar refractivity (Wildman–Crippen MR) is 71.4 cm³/mol. The maximum absolute atomic E-state index is 11.2. The van der Waals surface area contributed by atoms with Crippen molar-refractivity contribution in [1.82, 2.24) is 9.21 Å². The van der Waals surface area contributed by atoms with Crippen LogP contribution in [0.2, 0.25) is 5.02 Å². The fourth-order valence-electron chi connectivity index (χ4n) is 2.01. The molecule has 0 radical (unpaired) electrons. The molecule has 1 aliphatic heterocycles. The lowest BCUT2D eigenvalue weighted by molar-refractivity contribution is 0.181. The highest BCUT2D eigenvalue weighted by atomic mass is 35.5. The van der Waals surface area contributed by atoms with Crippen LogP contribution in [0, 0.1) is 0 Å². The first-order valence-electron chi connectivity index (χ1n) is 5.70. The molecule has 5 nitrogen and oxygen atoms in total. The van der Waals surface area contributed by atoms with Gasteiger partial charge in [0.25, 0.3) is 10.2 Å². The lowest BCUT2D eigenvalue weighted by Crippen LogP contribution is -2.50. The Morgan fingerprint density at radius 1 is 1.17 bits per heavy atom. The second-order valence-corrected chi connectivity index (χ2v) is 6.27. The molecule has 0 saturated carbocycles. The van der Waals surface area contributed by atoms with E-state index < -0.39 is 10.2 Å². The maximum atomic E-state index is 11.2. The van der Waals surface area contributed by atoms with Crippen LogP contribution in [0.3, 0.4) is 0 Å².